The third-order valence-electron chi connectivity index (χ3n) is 4.60. The van der Waals surface area contributed by atoms with Crippen molar-refractivity contribution in [1.29, 1.82) is 0 Å². The van der Waals surface area contributed by atoms with Crippen molar-refractivity contribution in [2.75, 3.05) is 6.54 Å². The SMILES string of the molecule is CC(C)(C)OC(=O)N1CCc2cc(C=O)c(C(=O)OCc3ccccc3)cc2C1. The number of carbonyl (C=O) groups excluding carboxylic acids is 3. The molecule has 0 aliphatic carbocycles. The van der Waals surface area contributed by atoms with E-state index in [1.807, 2.05) is 51.1 Å². The first-order valence-corrected chi connectivity index (χ1v) is 9.57. The fourth-order valence-electron chi connectivity index (χ4n) is 3.19. The van der Waals surface area contributed by atoms with Gasteiger partial charge in [0, 0.05) is 18.7 Å². The van der Waals surface area contributed by atoms with Gasteiger partial charge in [0.25, 0.3) is 0 Å². The van der Waals surface area contributed by atoms with Gasteiger partial charge in [0.05, 0.1) is 5.56 Å². The van der Waals surface area contributed by atoms with Crippen LogP contribution in [0.25, 0.3) is 0 Å². The van der Waals surface area contributed by atoms with Crippen LogP contribution < -0.4 is 0 Å². The van der Waals surface area contributed by atoms with Crippen molar-refractivity contribution in [3.63, 3.8) is 0 Å². The Hall–Kier alpha value is -3.15. The molecule has 0 saturated heterocycles. The molecule has 1 amide bonds. The number of benzene rings is 2. The maximum Gasteiger partial charge on any atom is 0.410 e. The van der Waals surface area contributed by atoms with Gasteiger partial charge in [-0.25, -0.2) is 9.59 Å². The third-order valence-corrected chi connectivity index (χ3v) is 4.60. The smallest absolute Gasteiger partial charge is 0.410 e. The molecular weight excluding hydrogens is 370 g/mol. The number of rotatable bonds is 4. The van der Waals surface area contributed by atoms with E-state index in [9.17, 15) is 14.4 Å². The minimum atomic E-state index is -0.578. The highest BCUT2D eigenvalue weighted by atomic mass is 16.6. The zero-order valence-corrected chi connectivity index (χ0v) is 16.9. The van der Waals surface area contributed by atoms with E-state index in [4.69, 9.17) is 9.47 Å². The first-order valence-electron chi connectivity index (χ1n) is 9.57. The summed E-state index contributed by atoms with van der Waals surface area (Å²) in [5, 5.41) is 0. The molecule has 0 radical (unpaired) electrons. The summed E-state index contributed by atoms with van der Waals surface area (Å²) in [5.41, 5.74) is 2.56. The summed E-state index contributed by atoms with van der Waals surface area (Å²) in [6.07, 6.45) is 0.866. The Morgan fingerprint density at radius 2 is 1.83 bits per heavy atom. The molecule has 3 rings (SSSR count). The average molecular weight is 395 g/mol. The zero-order chi connectivity index (χ0) is 21.0. The van der Waals surface area contributed by atoms with Crippen molar-refractivity contribution in [3.05, 3.63) is 70.3 Å². The summed E-state index contributed by atoms with van der Waals surface area (Å²) in [4.78, 5) is 38.1. The Balaban J connectivity index is 1.77. The molecule has 0 saturated carbocycles. The number of hydrogen-bond donors (Lipinski definition) is 0. The van der Waals surface area contributed by atoms with Gasteiger partial charge in [0.2, 0.25) is 0 Å². The Kier molecular flexibility index (Phi) is 6.01. The van der Waals surface area contributed by atoms with Gasteiger partial charge < -0.3 is 14.4 Å². The minimum absolute atomic E-state index is 0.124. The molecule has 0 spiro atoms. The normalized spacial score (nSPS) is 13.4. The maximum absolute atomic E-state index is 12.6. The van der Waals surface area contributed by atoms with E-state index in [0.717, 1.165) is 16.7 Å². The van der Waals surface area contributed by atoms with Crippen LogP contribution in [0.4, 0.5) is 4.79 Å². The highest BCUT2D eigenvalue weighted by Crippen LogP contribution is 2.25. The minimum Gasteiger partial charge on any atom is -0.457 e. The number of carbonyl (C=O) groups is 3. The Labute approximate surface area is 170 Å². The number of esters is 1. The van der Waals surface area contributed by atoms with Gasteiger partial charge in [0.15, 0.2) is 6.29 Å². The lowest BCUT2D eigenvalue weighted by Crippen LogP contribution is -2.40. The van der Waals surface area contributed by atoms with Gasteiger partial charge in [-0.3, -0.25) is 4.79 Å². The molecule has 1 aliphatic rings. The summed E-state index contributed by atoms with van der Waals surface area (Å²) in [5.74, 6) is -0.562. The van der Waals surface area contributed by atoms with E-state index in [2.05, 4.69) is 0 Å². The molecule has 0 atom stereocenters. The van der Waals surface area contributed by atoms with E-state index >= 15 is 0 Å². The van der Waals surface area contributed by atoms with Crippen LogP contribution in [0.2, 0.25) is 0 Å². The van der Waals surface area contributed by atoms with Crippen LogP contribution >= 0.6 is 0 Å². The molecule has 1 aliphatic heterocycles. The van der Waals surface area contributed by atoms with Gasteiger partial charge in [-0.1, -0.05) is 30.3 Å². The first kappa shape index (κ1) is 20.6. The summed E-state index contributed by atoms with van der Waals surface area (Å²) >= 11 is 0. The van der Waals surface area contributed by atoms with Crippen molar-refractivity contribution in [3.8, 4) is 0 Å². The Morgan fingerprint density at radius 3 is 2.48 bits per heavy atom. The fourth-order valence-corrected chi connectivity index (χ4v) is 3.19. The highest BCUT2D eigenvalue weighted by molar-refractivity contribution is 5.98. The molecule has 0 unspecified atom stereocenters. The Morgan fingerprint density at radius 1 is 1.10 bits per heavy atom. The molecule has 0 aromatic heterocycles. The largest absolute Gasteiger partial charge is 0.457 e. The predicted octanol–water partition coefficient (Wildman–Crippen LogP) is 4.15. The second-order valence-corrected chi connectivity index (χ2v) is 8.04. The van der Waals surface area contributed by atoms with E-state index in [0.29, 0.717) is 31.4 Å². The van der Waals surface area contributed by atoms with Crippen LogP contribution in [0, 0.1) is 0 Å². The topological polar surface area (TPSA) is 72.9 Å². The maximum atomic E-state index is 12.6. The zero-order valence-electron chi connectivity index (χ0n) is 16.9. The fraction of sp³-hybridized carbons (Fsp3) is 0.348. The number of amides is 1. The molecule has 0 bridgehead atoms. The summed E-state index contributed by atoms with van der Waals surface area (Å²) in [6.45, 7) is 6.40. The van der Waals surface area contributed by atoms with Crippen LogP contribution in [-0.4, -0.2) is 35.4 Å². The van der Waals surface area contributed by atoms with Gasteiger partial charge >= 0.3 is 12.1 Å². The van der Waals surface area contributed by atoms with Gasteiger partial charge in [0.1, 0.15) is 12.2 Å². The number of nitrogens with zero attached hydrogens (tertiary/aromatic N) is 1. The van der Waals surface area contributed by atoms with Crippen molar-refractivity contribution >= 4 is 18.3 Å². The molecule has 0 N–H and O–H groups in total. The predicted molar refractivity (Wildman–Crippen MR) is 108 cm³/mol. The number of hydrogen-bond acceptors (Lipinski definition) is 5. The first-order chi connectivity index (χ1) is 13.8. The van der Waals surface area contributed by atoms with Crippen molar-refractivity contribution in [2.24, 2.45) is 0 Å². The van der Waals surface area contributed by atoms with E-state index in [1.165, 1.54) is 0 Å². The van der Waals surface area contributed by atoms with Crippen molar-refractivity contribution < 1.29 is 23.9 Å². The monoisotopic (exact) mass is 395 g/mol. The molecule has 2 aromatic rings. The molecule has 6 nitrogen and oxygen atoms in total. The highest BCUT2D eigenvalue weighted by Gasteiger charge is 2.27. The van der Waals surface area contributed by atoms with Crippen LogP contribution in [0.15, 0.2) is 42.5 Å². The molecule has 1 heterocycles. The van der Waals surface area contributed by atoms with Crippen LogP contribution in [0.5, 0.6) is 0 Å². The summed E-state index contributed by atoms with van der Waals surface area (Å²) in [7, 11) is 0. The van der Waals surface area contributed by atoms with E-state index in [1.54, 1.807) is 17.0 Å². The lowest BCUT2D eigenvalue weighted by molar-refractivity contribution is 0.0224. The van der Waals surface area contributed by atoms with Crippen LogP contribution in [0.1, 0.15) is 58.2 Å². The van der Waals surface area contributed by atoms with Gasteiger partial charge in [-0.2, -0.15) is 0 Å². The average Bonchev–Trinajstić information content (AvgIpc) is 2.70. The second-order valence-electron chi connectivity index (χ2n) is 8.04. The molecule has 6 heteroatoms. The molecule has 29 heavy (non-hydrogen) atoms. The van der Waals surface area contributed by atoms with E-state index in [-0.39, 0.29) is 12.2 Å². The quantitative estimate of drug-likeness (QED) is 0.574. The summed E-state index contributed by atoms with van der Waals surface area (Å²) in [6, 6.07) is 12.7. The number of fused-ring (bicyclic) bond motifs is 1. The van der Waals surface area contributed by atoms with Crippen LogP contribution in [0.3, 0.4) is 0 Å². The van der Waals surface area contributed by atoms with Crippen molar-refractivity contribution in [1.82, 2.24) is 4.90 Å². The standard InChI is InChI=1S/C23H25NO5/c1-23(2,3)29-22(27)24-10-9-17-11-19(14-25)20(12-18(17)13-24)21(26)28-15-16-7-5-4-6-8-16/h4-8,11-12,14H,9-10,13,15H2,1-3H3. The molecule has 152 valence electrons. The summed E-state index contributed by atoms with van der Waals surface area (Å²) < 4.78 is 10.8. The van der Waals surface area contributed by atoms with Gasteiger partial charge in [-0.15, -0.1) is 0 Å². The lowest BCUT2D eigenvalue weighted by Gasteiger charge is -2.31. The molecule has 0 fully saturated rings. The second kappa shape index (κ2) is 8.47. The number of aldehydes is 1. The van der Waals surface area contributed by atoms with Gasteiger partial charge in [-0.05, 0) is 56.0 Å². The third kappa shape index (κ3) is 5.22. The van der Waals surface area contributed by atoms with E-state index < -0.39 is 17.7 Å². The van der Waals surface area contributed by atoms with Crippen LogP contribution in [-0.2, 0) is 29.0 Å². The number of ether oxygens (including phenoxy) is 2. The molecule has 2 aromatic carbocycles. The Bertz CT molecular complexity index is 915. The molecular formula is C23H25NO5. The van der Waals surface area contributed by atoms with Crippen molar-refractivity contribution in [2.45, 2.75) is 45.9 Å². The lowest BCUT2D eigenvalue weighted by atomic mass is 9.94.